The highest BCUT2D eigenvalue weighted by Gasteiger charge is 2.52. The summed E-state index contributed by atoms with van der Waals surface area (Å²) >= 11 is 0. The molecule has 4 N–H and O–H groups in total. The second-order valence-corrected chi connectivity index (χ2v) is 11.3. The maximum atomic E-state index is 15.1. The van der Waals surface area contributed by atoms with E-state index in [1.165, 1.54) is 36.4 Å². The smallest absolute Gasteiger partial charge is 0.251 e. The predicted octanol–water partition coefficient (Wildman–Crippen LogP) is 4.17. The van der Waals surface area contributed by atoms with Crippen molar-refractivity contribution in [2.45, 2.75) is 37.8 Å². The van der Waals surface area contributed by atoms with Crippen LogP contribution in [0.1, 0.15) is 52.6 Å². The van der Waals surface area contributed by atoms with Crippen LogP contribution in [0.5, 0.6) is 0 Å². The Labute approximate surface area is 267 Å². The van der Waals surface area contributed by atoms with Crippen molar-refractivity contribution in [1.82, 2.24) is 21.3 Å². The Kier molecular flexibility index (Phi) is 10.0. The fraction of sp³-hybridized carbons (Fsp3) is 0.312. The first-order valence-corrected chi connectivity index (χ1v) is 14.5. The van der Waals surface area contributed by atoms with E-state index in [1.807, 2.05) is 0 Å². The standard InChI is InChI=1S/C32H26F8N4O4/c33-21-17-9-41-29(45)13-3-1-4-14(7-13)30(46)42-10-18-23(35)27(39)20(28(40)24(18)36)12-44-32(48)16-6-2-5-15(8-16)31(47)43-11-19(25(21)37)26(38)22(17)34/h1-8,17,19,21-22,25-26H,9-12H2,(H,41,45)(H,42,46)(H,43,47)(H,44,48)/t17?,19?,21-,22+,25+,26-. The van der Waals surface area contributed by atoms with E-state index in [2.05, 4.69) is 21.3 Å². The molecule has 8 nitrogen and oxygen atoms in total. The van der Waals surface area contributed by atoms with Gasteiger partial charge in [-0.1, -0.05) is 12.1 Å². The molecule has 5 aliphatic rings. The molecule has 2 unspecified atom stereocenters. The van der Waals surface area contributed by atoms with E-state index >= 15 is 17.6 Å². The van der Waals surface area contributed by atoms with Gasteiger partial charge in [0.25, 0.3) is 23.6 Å². The molecule has 16 heteroatoms. The number of hydrogen-bond acceptors (Lipinski definition) is 4. The molecule has 4 aliphatic heterocycles. The van der Waals surface area contributed by atoms with Gasteiger partial charge < -0.3 is 21.3 Å². The first-order valence-electron chi connectivity index (χ1n) is 14.5. The van der Waals surface area contributed by atoms with Gasteiger partial charge in [-0.2, -0.15) is 0 Å². The first-order chi connectivity index (χ1) is 22.8. The van der Waals surface area contributed by atoms with Crippen LogP contribution in [0.2, 0.25) is 0 Å². The third kappa shape index (κ3) is 6.69. The summed E-state index contributed by atoms with van der Waals surface area (Å²) in [7, 11) is 0. The molecule has 3 aromatic carbocycles. The predicted molar refractivity (Wildman–Crippen MR) is 153 cm³/mol. The Balaban J connectivity index is 1.47. The van der Waals surface area contributed by atoms with Crippen molar-refractivity contribution in [3.63, 3.8) is 0 Å². The second kappa shape index (κ2) is 14.0. The van der Waals surface area contributed by atoms with Gasteiger partial charge in [0.15, 0.2) is 23.3 Å². The zero-order valence-corrected chi connectivity index (χ0v) is 24.6. The molecule has 0 spiro atoms. The highest BCUT2D eigenvalue weighted by atomic mass is 19.2. The van der Waals surface area contributed by atoms with Crippen molar-refractivity contribution in [1.29, 1.82) is 0 Å². The van der Waals surface area contributed by atoms with Gasteiger partial charge in [0.1, 0.15) is 24.7 Å². The fourth-order valence-electron chi connectivity index (χ4n) is 5.55. The van der Waals surface area contributed by atoms with Crippen LogP contribution in [0, 0.1) is 35.1 Å². The number of carbonyl (C=O) groups is 4. The quantitative estimate of drug-likeness (QED) is 0.211. The third-order valence-electron chi connectivity index (χ3n) is 8.31. The topological polar surface area (TPSA) is 116 Å². The molecule has 4 heterocycles. The summed E-state index contributed by atoms with van der Waals surface area (Å²) in [5.74, 6) is -15.3. The van der Waals surface area contributed by atoms with Crippen molar-refractivity contribution in [3.05, 3.63) is 105 Å². The van der Waals surface area contributed by atoms with Crippen LogP contribution < -0.4 is 21.3 Å². The molecule has 254 valence electrons. The Bertz CT molecular complexity index is 1600. The molecule has 4 amide bonds. The van der Waals surface area contributed by atoms with Gasteiger partial charge in [-0.25, -0.2) is 35.1 Å². The molecular formula is C32H26F8N4O4. The van der Waals surface area contributed by atoms with Crippen molar-refractivity contribution < 1.29 is 54.3 Å². The summed E-state index contributed by atoms with van der Waals surface area (Å²) in [5, 5.41) is 8.47. The number of halogens is 8. The summed E-state index contributed by atoms with van der Waals surface area (Å²) < 4.78 is 120. The molecular weight excluding hydrogens is 656 g/mol. The van der Waals surface area contributed by atoms with Crippen LogP contribution in [-0.4, -0.2) is 61.4 Å². The molecule has 0 radical (unpaired) electrons. The lowest BCUT2D eigenvalue weighted by Crippen LogP contribution is -2.57. The molecule has 1 saturated carbocycles. The SMILES string of the molecule is O=C1NCc2c(F)c(F)c(c(F)c2F)CNC(=O)c2cccc(c2)C(=O)NCC2[C@@H](F)[C@@H](F)C(CNC(=O)c3cccc1c3)[C@@H](F)[C@H]2F. The van der Waals surface area contributed by atoms with Gasteiger partial charge in [0.2, 0.25) is 0 Å². The lowest BCUT2D eigenvalue weighted by Gasteiger charge is -2.39. The van der Waals surface area contributed by atoms with E-state index in [0.717, 1.165) is 12.1 Å². The van der Waals surface area contributed by atoms with Crippen molar-refractivity contribution in [3.8, 4) is 0 Å². The van der Waals surface area contributed by atoms with Gasteiger partial charge in [0, 0.05) is 71.4 Å². The van der Waals surface area contributed by atoms with Gasteiger partial charge in [-0.05, 0) is 36.4 Å². The van der Waals surface area contributed by atoms with Crippen LogP contribution in [0.3, 0.4) is 0 Å². The number of rotatable bonds is 0. The van der Waals surface area contributed by atoms with Crippen molar-refractivity contribution in [2.24, 2.45) is 11.8 Å². The Morgan fingerprint density at radius 3 is 1.02 bits per heavy atom. The Hall–Kier alpha value is -5.02. The molecule has 0 saturated heterocycles. The Morgan fingerprint density at radius 1 is 0.458 bits per heavy atom. The van der Waals surface area contributed by atoms with Crippen molar-refractivity contribution in [2.75, 3.05) is 13.1 Å². The molecule has 1 fully saturated rings. The molecule has 1 aliphatic carbocycles. The van der Waals surface area contributed by atoms with Gasteiger partial charge in [-0.15, -0.1) is 0 Å². The molecule has 0 aromatic heterocycles. The minimum atomic E-state index is -2.58. The molecule has 3 aromatic rings. The summed E-state index contributed by atoms with van der Waals surface area (Å²) in [6.45, 7) is -3.79. The highest BCUT2D eigenvalue weighted by Crippen LogP contribution is 2.37. The number of alkyl halides is 4. The van der Waals surface area contributed by atoms with Crippen LogP contribution in [0.15, 0.2) is 48.5 Å². The van der Waals surface area contributed by atoms with Crippen LogP contribution >= 0.6 is 0 Å². The van der Waals surface area contributed by atoms with Crippen LogP contribution in [0.25, 0.3) is 0 Å². The van der Waals surface area contributed by atoms with Gasteiger partial charge >= 0.3 is 0 Å². The Morgan fingerprint density at radius 2 is 0.729 bits per heavy atom. The maximum absolute atomic E-state index is 15.1. The fourth-order valence-corrected chi connectivity index (χ4v) is 5.55. The van der Waals surface area contributed by atoms with E-state index < -0.39 is 121 Å². The largest absolute Gasteiger partial charge is 0.352 e. The lowest BCUT2D eigenvalue weighted by molar-refractivity contribution is -0.0752. The monoisotopic (exact) mass is 682 g/mol. The normalized spacial score (nSPS) is 25.6. The average molecular weight is 683 g/mol. The van der Waals surface area contributed by atoms with E-state index in [1.54, 1.807) is 0 Å². The molecule has 6 atom stereocenters. The second-order valence-electron chi connectivity index (χ2n) is 11.3. The van der Waals surface area contributed by atoms with Crippen molar-refractivity contribution >= 4 is 23.6 Å². The molecule has 8 rings (SSSR count). The maximum Gasteiger partial charge on any atom is 0.251 e. The molecule has 8 bridgehead atoms. The zero-order valence-electron chi connectivity index (χ0n) is 24.6. The summed E-state index contributed by atoms with van der Waals surface area (Å²) in [4.78, 5) is 50.9. The van der Waals surface area contributed by atoms with Gasteiger partial charge in [0.05, 0.1) is 0 Å². The number of benzene rings is 3. The number of hydrogen-bond donors (Lipinski definition) is 4. The average Bonchev–Trinajstić information content (AvgIpc) is 3.09. The number of nitrogens with one attached hydrogen (secondary N) is 4. The van der Waals surface area contributed by atoms with Crippen LogP contribution in [0.4, 0.5) is 35.1 Å². The number of amides is 4. The lowest BCUT2D eigenvalue weighted by atomic mass is 9.76. The van der Waals surface area contributed by atoms with E-state index in [-0.39, 0.29) is 22.3 Å². The number of carbonyl (C=O) groups excluding carboxylic acids is 4. The van der Waals surface area contributed by atoms with E-state index in [9.17, 15) is 36.7 Å². The highest BCUT2D eigenvalue weighted by molar-refractivity contribution is 6.00. The summed E-state index contributed by atoms with van der Waals surface area (Å²) in [6, 6.07) is 9.12. The molecule has 48 heavy (non-hydrogen) atoms. The minimum Gasteiger partial charge on any atom is -0.352 e. The first kappa shape index (κ1) is 34.3. The van der Waals surface area contributed by atoms with Gasteiger partial charge in [-0.3, -0.25) is 19.2 Å². The summed E-state index contributed by atoms with van der Waals surface area (Å²) in [6.07, 6.45) is -10.3. The zero-order chi connectivity index (χ0) is 34.9. The van der Waals surface area contributed by atoms with E-state index in [4.69, 9.17) is 0 Å². The minimum absolute atomic E-state index is 0.246. The van der Waals surface area contributed by atoms with E-state index in [0.29, 0.717) is 0 Å². The van der Waals surface area contributed by atoms with Crippen LogP contribution in [-0.2, 0) is 13.1 Å². The summed E-state index contributed by atoms with van der Waals surface area (Å²) in [5.41, 5.74) is -3.39. The third-order valence-corrected chi connectivity index (χ3v) is 8.31.